The Morgan fingerprint density at radius 1 is 1.37 bits per heavy atom. The van der Waals surface area contributed by atoms with Gasteiger partial charge in [0.1, 0.15) is 0 Å². The van der Waals surface area contributed by atoms with Crippen LogP contribution in [0.2, 0.25) is 0 Å². The van der Waals surface area contributed by atoms with Gasteiger partial charge in [-0.05, 0) is 25.0 Å². The second kappa shape index (κ2) is 5.88. The van der Waals surface area contributed by atoms with Crippen LogP contribution < -0.4 is 10.6 Å². The predicted molar refractivity (Wildman–Crippen MR) is 72.2 cm³/mol. The van der Waals surface area contributed by atoms with Gasteiger partial charge in [-0.1, -0.05) is 0 Å². The number of hydrogen-bond acceptors (Lipinski definition) is 6. The largest absolute Gasteiger partial charge is 0.464 e. The summed E-state index contributed by atoms with van der Waals surface area (Å²) in [5, 5.41) is 0. The highest BCUT2D eigenvalue weighted by Gasteiger charge is 2.22. The number of nitrogens with zero attached hydrogens (tertiary/aromatic N) is 2. The fraction of sp³-hybridized carbons (Fsp3) is 0.538. The van der Waals surface area contributed by atoms with Gasteiger partial charge in [0, 0.05) is 20.2 Å². The molecule has 0 aromatic carbocycles. The van der Waals surface area contributed by atoms with Crippen LogP contribution in [0.4, 0.5) is 11.5 Å². The van der Waals surface area contributed by atoms with Crippen LogP contribution in [0, 0.1) is 0 Å². The van der Waals surface area contributed by atoms with Gasteiger partial charge in [-0.15, -0.1) is 0 Å². The zero-order valence-corrected chi connectivity index (χ0v) is 11.3. The first-order valence-corrected chi connectivity index (χ1v) is 6.28. The van der Waals surface area contributed by atoms with Gasteiger partial charge >= 0.3 is 5.97 Å². The normalized spacial score (nSPS) is 16.4. The van der Waals surface area contributed by atoms with Crippen molar-refractivity contribution in [2.75, 3.05) is 37.9 Å². The molecule has 1 aliphatic heterocycles. The van der Waals surface area contributed by atoms with E-state index < -0.39 is 5.97 Å². The van der Waals surface area contributed by atoms with E-state index in [0.29, 0.717) is 17.6 Å². The second-order valence-electron chi connectivity index (χ2n) is 4.52. The van der Waals surface area contributed by atoms with Gasteiger partial charge in [0.05, 0.1) is 18.9 Å². The highest BCUT2D eigenvalue weighted by atomic mass is 16.5. The SMILES string of the molecule is COC(=O)c1ccc(N)c(N2CCC(OC)CC2)n1. The summed E-state index contributed by atoms with van der Waals surface area (Å²) >= 11 is 0. The van der Waals surface area contributed by atoms with E-state index in [-0.39, 0.29) is 5.69 Å². The van der Waals surface area contributed by atoms with Gasteiger partial charge in [0.15, 0.2) is 11.5 Å². The molecule has 0 amide bonds. The fourth-order valence-electron chi connectivity index (χ4n) is 2.23. The van der Waals surface area contributed by atoms with Gasteiger partial charge in [0.25, 0.3) is 0 Å². The molecule has 0 radical (unpaired) electrons. The molecule has 2 N–H and O–H groups in total. The third kappa shape index (κ3) is 2.96. The van der Waals surface area contributed by atoms with Crippen molar-refractivity contribution in [2.45, 2.75) is 18.9 Å². The number of piperidine rings is 1. The minimum atomic E-state index is -0.451. The maximum Gasteiger partial charge on any atom is 0.356 e. The lowest BCUT2D eigenvalue weighted by Crippen LogP contribution is -2.37. The molecule has 0 bridgehead atoms. The number of nitrogen functional groups attached to an aromatic ring is 1. The Hall–Kier alpha value is -1.82. The third-order valence-corrected chi connectivity index (χ3v) is 3.37. The van der Waals surface area contributed by atoms with Crippen molar-refractivity contribution < 1.29 is 14.3 Å². The highest BCUT2D eigenvalue weighted by molar-refractivity contribution is 5.88. The number of pyridine rings is 1. The standard InChI is InChI=1S/C13H19N3O3/c1-18-9-5-7-16(8-6-9)12-10(14)3-4-11(15-12)13(17)19-2/h3-4,9H,5-8,14H2,1-2H3. The lowest BCUT2D eigenvalue weighted by atomic mass is 10.1. The van der Waals surface area contributed by atoms with Crippen molar-refractivity contribution in [3.05, 3.63) is 17.8 Å². The van der Waals surface area contributed by atoms with Gasteiger partial charge in [-0.2, -0.15) is 0 Å². The lowest BCUT2D eigenvalue weighted by molar-refractivity contribution is 0.0594. The fourth-order valence-corrected chi connectivity index (χ4v) is 2.23. The van der Waals surface area contributed by atoms with Crippen molar-refractivity contribution in [3.63, 3.8) is 0 Å². The maximum absolute atomic E-state index is 11.5. The van der Waals surface area contributed by atoms with Gasteiger partial charge < -0.3 is 20.1 Å². The molecule has 0 saturated carbocycles. The summed E-state index contributed by atoms with van der Waals surface area (Å²) in [6, 6.07) is 3.27. The number of carbonyl (C=O) groups is 1. The summed E-state index contributed by atoms with van der Waals surface area (Å²) in [6.45, 7) is 1.64. The molecule has 0 unspecified atom stereocenters. The molecule has 2 rings (SSSR count). The van der Waals surface area contributed by atoms with Crippen LogP contribution in [0.1, 0.15) is 23.3 Å². The second-order valence-corrected chi connectivity index (χ2v) is 4.52. The van der Waals surface area contributed by atoms with Crippen LogP contribution in [0.3, 0.4) is 0 Å². The number of esters is 1. The van der Waals surface area contributed by atoms with Crippen LogP contribution in [-0.2, 0) is 9.47 Å². The van der Waals surface area contributed by atoms with Crippen LogP contribution in [0.25, 0.3) is 0 Å². The Bertz CT molecular complexity index is 456. The molecule has 2 heterocycles. The molecular formula is C13H19N3O3. The zero-order chi connectivity index (χ0) is 13.8. The molecule has 0 spiro atoms. The first-order valence-electron chi connectivity index (χ1n) is 6.28. The molecule has 19 heavy (non-hydrogen) atoms. The van der Waals surface area contributed by atoms with Crippen LogP contribution in [0.15, 0.2) is 12.1 Å². The molecule has 1 fully saturated rings. The van der Waals surface area contributed by atoms with E-state index in [1.165, 1.54) is 7.11 Å². The summed E-state index contributed by atoms with van der Waals surface area (Å²) in [6.07, 6.45) is 2.15. The maximum atomic E-state index is 11.5. The number of methoxy groups -OCH3 is 2. The number of nitrogens with two attached hydrogens (primary N) is 1. The monoisotopic (exact) mass is 265 g/mol. The zero-order valence-electron chi connectivity index (χ0n) is 11.3. The predicted octanol–water partition coefficient (Wildman–Crippen LogP) is 1.07. The summed E-state index contributed by atoms with van der Waals surface area (Å²) < 4.78 is 10.0. The molecular weight excluding hydrogens is 246 g/mol. The lowest BCUT2D eigenvalue weighted by Gasteiger charge is -2.32. The van der Waals surface area contributed by atoms with Gasteiger partial charge in [-0.3, -0.25) is 0 Å². The quantitative estimate of drug-likeness (QED) is 0.824. The van der Waals surface area contributed by atoms with Crippen molar-refractivity contribution in [1.82, 2.24) is 4.98 Å². The van der Waals surface area contributed by atoms with Crippen LogP contribution in [-0.4, -0.2) is 44.4 Å². The number of anilines is 2. The molecule has 0 atom stereocenters. The third-order valence-electron chi connectivity index (χ3n) is 3.37. The average Bonchev–Trinajstić information content (AvgIpc) is 2.47. The molecule has 1 aliphatic rings. The van der Waals surface area contributed by atoms with E-state index in [0.717, 1.165) is 25.9 Å². The molecule has 1 aromatic rings. The smallest absolute Gasteiger partial charge is 0.356 e. The summed E-state index contributed by atoms with van der Waals surface area (Å²) in [5.74, 6) is 0.200. The Morgan fingerprint density at radius 2 is 2.05 bits per heavy atom. The number of carbonyl (C=O) groups excluding carboxylic acids is 1. The average molecular weight is 265 g/mol. The Morgan fingerprint density at radius 3 is 2.63 bits per heavy atom. The molecule has 6 heteroatoms. The summed E-state index contributed by atoms with van der Waals surface area (Å²) in [4.78, 5) is 17.9. The Kier molecular flexibility index (Phi) is 4.21. The number of hydrogen-bond donors (Lipinski definition) is 1. The first kappa shape index (κ1) is 13.6. The topological polar surface area (TPSA) is 77.7 Å². The van der Waals surface area contributed by atoms with E-state index in [4.69, 9.17) is 10.5 Å². The van der Waals surface area contributed by atoms with Crippen molar-refractivity contribution in [2.24, 2.45) is 0 Å². The van der Waals surface area contributed by atoms with E-state index in [2.05, 4.69) is 14.6 Å². The number of aromatic nitrogens is 1. The molecule has 1 aromatic heterocycles. The number of rotatable bonds is 3. The van der Waals surface area contributed by atoms with E-state index >= 15 is 0 Å². The van der Waals surface area contributed by atoms with Gasteiger partial charge in [-0.25, -0.2) is 9.78 Å². The highest BCUT2D eigenvalue weighted by Crippen LogP contribution is 2.25. The minimum Gasteiger partial charge on any atom is -0.464 e. The first-order chi connectivity index (χ1) is 9.15. The van der Waals surface area contributed by atoms with Crippen LogP contribution >= 0.6 is 0 Å². The Balaban J connectivity index is 2.17. The van der Waals surface area contributed by atoms with Crippen molar-refractivity contribution >= 4 is 17.5 Å². The van der Waals surface area contributed by atoms with E-state index in [9.17, 15) is 4.79 Å². The van der Waals surface area contributed by atoms with E-state index in [1.54, 1.807) is 19.2 Å². The summed E-state index contributed by atoms with van der Waals surface area (Å²) in [5.41, 5.74) is 6.79. The minimum absolute atomic E-state index is 0.278. The van der Waals surface area contributed by atoms with E-state index in [1.807, 2.05) is 0 Å². The molecule has 6 nitrogen and oxygen atoms in total. The molecule has 1 saturated heterocycles. The van der Waals surface area contributed by atoms with Crippen LogP contribution in [0.5, 0.6) is 0 Å². The Labute approximate surface area is 112 Å². The van der Waals surface area contributed by atoms with Gasteiger partial charge in [0.2, 0.25) is 0 Å². The van der Waals surface area contributed by atoms with Crippen molar-refractivity contribution in [3.8, 4) is 0 Å². The number of ether oxygens (including phenoxy) is 2. The van der Waals surface area contributed by atoms with Crippen molar-refractivity contribution in [1.29, 1.82) is 0 Å². The molecule has 0 aliphatic carbocycles. The summed E-state index contributed by atoms with van der Waals surface area (Å²) in [7, 11) is 3.06. The molecule has 104 valence electrons.